The lowest BCUT2D eigenvalue weighted by Crippen LogP contribution is -2.17. The zero-order valence-corrected chi connectivity index (χ0v) is 17.4. The molecule has 0 aromatic heterocycles. The second kappa shape index (κ2) is 10.0. The molecular weight excluding hydrogens is 427 g/mol. The van der Waals surface area contributed by atoms with Crippen molar-refractivity contribution in [1.29, 1.82) is 0 Å². The maximum absolute atomic E-state index is 12.1. The van der Waals surface area contributed by atoms with Crippen LogP contribution in [0.3, 0.4) is 0 Å². The number of nitrogens with zero attached hydrogens (tertiary/aromatic N) is 1. The van der Waals surface area contributed by atoms with Crippen LogP contribution in [0.2, 0.25) is 10.0 Å². The van der Waals surface area contributed by atoms with Crippen molar-refractivity contribution in [3.63, 3.8) is 0 Å². The smallest absolute Gasteiger partial charge is 0.271 e. The van der Waals surface area contributed by atoms with Gasteiger partial charge in [0.2, 0.25) is 0 Å². The standard InChI is InChI=1S/C22H18Cl2N2O4/c1-29-20-4-2-3-16(12-25-26-22(28)15-6-8-17(27)9-7-15)21(20)30-13-14-5-10-18(23)19(24)11-14/h2-12,27H,13H2,1H3,(H,26,28)/b25-12+. The zero-order valence-electron chi connectivity index (χ0n) is 15.9. The number of phenols is 1. The third kappa shape index (κ3) is 5.43. The summed E-state index contributed by atoms with van der Waals surface area (Å²) in [7, 11) is 1.54. The molecule has 3 rings (SSSR count). The highest BCUT2D eigenvalue weighted by Gasteiger charge is 2.11. The molecule has 3 aromatic carbocycles. The molecule has 3 aromatic rings. The first-order valence-corrected chi connectivity index (χ1v) is 9.59. The first kappa shape index (κ1) is 21.5. The summed E-state index contributed by atoms with van der Waals surface area (Å²) < 4.78 is 11.3. The summed E-state index contributed by atoms with van der Waals surface area (Å²) in [5.74, 6) is 0.653. The van der Waals surface area contributed by atoms with Gasteiger partial charge in [-0.3, -0.25) is 4.79 Å². The third-order valence-electron chi connectivity index (χ3n) is 4.10. The molecule has 6 nitrogen and oxygen atoms in total. The Balaban J connectivity index is 1.74. The lowest BCUT2D eigenvalue weighted by molar-refractivity contribution is 0.0955. The lowest BCUT2D eigenvalue weighted by Gasteiger charge is -2.13. The fraction of sp³-hybridized carbons (Fsp3) is 0.0909. The predicted octanol–water partition coefficient (Wildman–Crippen LogP) is 5.05. The SMILES string of the molecule is COc1cccc(/C=N/NC(=O)c2ccc(O)cc2)c1OCc1ccc(Cl)c(Cl)c1. The monoisotopic (exact) mass is 444 g/mol. The highest BCUT2D eigenvalue weighted by Crippen LogP contribution is 2.31. The van der Waals surface area contributed by atoms with E-state index in [1.165, 1.54) is 37.6 Å². The molecule has 154 valence electrons. The molecule has 0 fully saturated rings. The minimum absolute atomic E-state index is 0.0789. The first-order chi connectivity index (χ1) is 14.5. The van der Waals surface area contributed by atoms with Gasteiger partial charge in [0.1, 0.15) is 12.4 Å². The van der Waals surface area contributed by atoms with Crippen LogP contribution in [0.5, 0.6) is 17.2 Å². The third-order valence-corrected chi connectivity index (χ3v) is 4.83. The van der Waals surface area contributed by atoms with Gasteiger partial charge in [-0.25, -0.2) is 5.43 Å². The van der Waals surface area contributed by atoms with Crippen LogP contribution in [0.1, 0.15) is 21.5 Å². The number of methoxy groups -OCH3 is 1. The number of amides is 1. The number of hydrazone groups is 1. The van der Waals surface area contributed by atoms with Gasteiger partial charge in [0, 0.05) is 11.1 Å². The number of aromatic hydroxyl groups is 1. The number of rotatable bonds is 7. The highest BCUT2D eigenvalue weighted by molar-refractivity contribution is 6.42. The number of carbonyl (C=O) groups is 1. The first-order valence-electron chi connectivity index (χ1n) is 8.84. The number of phenolic OH excluding ortho intramolecular Hbond substituents is 1. The van der Waals surface area contributed by atoms with Crippen molar-refractivity contribution < 1.29 is 19.4 Å². The van der Waals surface area contributed by atoms with Crippen LogP contribution in [-0.2, 0) is 6.61 Å². The molecule has 0 aliphatic heterocycles. The Morgan fingerprint density at radius 1 is 1.10 bits per heavy atom. The molecular formula is C22H18Cl2N2O4. The maximum Gasteiger partial charge on any atom is 0.271 e. The van der Waals surface area contributed by atoms with Gasteiger partial charge in [-0.2, -0.15) is 5.10 Å². The summed E-state index contributed by atoms with van der Waals surface area (Å²) >= 11 is 12.0. The summed E-state index contributed by atoms with van der Waals surface area (Å²) in [6.45, 7) is 0.234. The van der Waals surface area contributed by atoms with Gasteiger partial charge in [0.15, 0.2) is 11.5 Å². The second-order valence-electron chi connectivity index (χ2n) is 6.16. The van der Waals surface area contributed by atoms with Crippen molar-refractivity contribution in [2.45, 2.75) is 6.61 Å². The van der Waals surface area contributed by atoms with E-state index >= 15 is 0 Å². The average molecular weight is 445 g/mol. The Morgan fingerprint density at radius 2 is 1.87 bits per heavy atom. The highest BCUT2D eigenvalue weighted by atomic mass is 35.5. The van der Waals surface area contributed by atoms with E-state index in [4.69, 9.17) is 32.7 Å². The zero-order chi connectivity index (χ0) is 21.5. The van der Waals surface area contributed by atoms with Gasteiger partial charge in [-0.1, -0.05) is 35.3 Å². The average Bonchev–Trinajstić information content (AvgIpc) is 2.75. The van der Waals surface area contributed by atoms with Crippen molar-refractivity contribution >= 4 is 35.3 Å². The molecule has 0 saturated carbocycles. The summed E-state index contributed by atoms with van der Waals surface area (Å²) in [4.78, 5) is 12.1. The maximum atomic E-state index is 12.1. The van der Waals surface area contributed by atoms with Gasteiger partial charge >= 0.3 is 0 Å². The molecule has 0 heterocycles. The van der Waals surface area contributed by atoms with Gasteiger partial charge < -0.3 is 14.6 Å². The minimum Gasteiger partial charge on any atom is -0.508 e. The van der Waals surface area contributed by atoms with Gasteiger partial charge in [-0.15, -0.1) is 0 Å². The summed E-state index contributed by atoms with van der Waals surface area (Å²) in [6.07, 6.45) is 1.46. The number of carbonyl (C=O) groups excluding carboxylic acids is 1. The Hall–Kier alpha value is -3.22. The van der Waals surface area contributed by atoms with E-state index in [0.717, 1.165) is 5.56 Å². The van der Waals surface area contributed by atoms with E-state index < -0.39 is 5.91 Å². The molecule has 0 bridgehead atoms. The number of benzene rings is 3. The molecule has 0 aliphatic carbocycles. The lowest BCUT2D eigenvalue weighted by atomic mass is 10.2. The number of para-hydroxylation sites is 1. The largest absolute Gasteiger partial charge is 0.508 e. The number of halogens is 2. The number of hydrogen-bond acceptors (Lipinski definition) is 5. The van der Waals surface area contributed by atoms with Crippen molar-refractivity contribution in [2.24, 2.45) is 5.10 Å². The van der Waals surface area contributed by atoms with Crippen molar-refractivity contribution in [3.05, 3.63) is 87.4 Å². The second-order valence-corrected chi connectivity index (χ2v) is 6.98. The number of nitrogens with one attached hydrogen (secondary N) is 1. The van der Waals surface area contributed by atoms with Crippen LogP contribution in [-0.4, -0.2) is 24.3 Å². The van der Waals surface area contributed by atoms with Crippen LogP contribution in [0.15, 0.2) is 65.8 Å². The quantitative estimate of drug-likeness (QED) is 0.394. The summed E-state index contributed by atoms with van der Waals surface area (Å²) in [5.41, 5.74) is 4.25. The Bertz CT molecular complexity index is 1070. The van der Waals surface area contributed by atoms with Crippen molar-refractivity contribution in [2.75, 3.05) is 7.11 Å². The molecule has 0 spiro atoms. The van der Waals surface area contributed by atoms with Crippen LogP contribution < -0.4 is 14.9 Å². The van der Waals surface area contributed by atoms with Crippen molar-refractivity contribution in [1.82, 2.24) is 5.43 Å². The summed E-state index contributed by atoms with van der Waals surface area (Å²) in [5, 5.41) is 14.2. The summed E-state index contributed by atoms with van der Waals surface area (Å²) in [6, 6.07) is 16.4. The topological polar surface area (TPSA) is 80.2 Å². The minimum atomic E-state index is -0.410. The Kier molecular flexibility index (Phi) is 7.17. The molecule has 30 heavy (non-hydrogen) atoms. The normalized spacial score (nSPS) is 10.8. The number of ether oxygens (including phenoxy) is 2. The Labute approximate surface area is 183 Å². The van der Waals surface area contributed by atoms with Crippen LogP contribution >= 0.6 is 23.2 Å². The molecule has 8 heteroatoms. The van der Waals surface area contributed by atoms with Crippen LogP contribution in [0.4, 0.5) is 0 Å². The van der Waals surface area contributed by atoms with E-state index in [9.17, 15) is 9.90 Å². The predicted molar refractivity (Wildman–Crippen MR) is 117 cm³/mol. The molecule has 0 aliphatic rings. The molecule has 0 unspecified atom stereocenters. The molecule has 1 amide bonds. The molecule has 0 saturated heterocycles. The van der Waals surface area contributed by atoms with E-state index in [1.807, 2.05) is 6.07 Å². The van der Waals surface area contributed by atoms with E-state index in [1.54, 1.807) is 30.3 Å². The van der Waals surface area contributed by atoms with E-state index in [-0.39, 0.29) is 12.4 Å². The molecule has 2 N–H and O–H groups in total. The fourth-order valence-corrected chi connectivity index (χ4v) is 2.89. The van der Waals surface area contributed by atoms with Gasteiger partial charge in [0.05, 0.1) is 23.4 Å². The number of hydrogen-bond donors (Lipinski definition) is 2. The van der Waals surface area contributed by atoms with Crippen LogP contribution in [0, 0.1) is 0 Å². The van der Waals surface area contributed by atoms with E-state index in [0.29, 0.717) is 32.7 Å². The van der Waals surface area contributed by atoms with Gasteiger partial charge in [0.25, 0.3) is 5.91 Å². The fourth-order valence-electron chi connectivity index (χ4n) is 2.57. The Morgan fingerprint density at radius 3 is 2.57 bits per heavy atom. The van der Waals surface area contributed by atoms with E-state index in [2.05, 4.69) is 10.5 Å². The molecule has 0 atom stereocenters. The van der Waals surface area contributed by atoms with Crippen molar-refractivity contribution in [3.8, 4) is 17.2 Å². The molecule has 0 radical (unpaired) electrons. The van der Waals surface area contributed by atoms with Gasteiger partial charge in [-0.05, 0) is 54.1 Å². The van der Waals surface area contributed by atoms with Crippen LogP contribution in [0.25, 0.3) is 0 Å².